The number of amides is 1. The number of benzene rings is 2. The fraction of sp³-hybridized carbons (Fsp3) is 0.200. The molecule has 6 nitrogen and oxygen atoms in total. The van der Waals surface area contributed by atoms with Gasteiger partial charge in [0.1, 0.15) is 5.75 Å². The van der Waals surface area contributed by atoms with E-state index in [4.69, 9.17) is 16.3 Å². The predicted octanol–water partition coefficient (Wildman–Crippen LogP) is 1.99. The van der Waals surface area contributed by atoms with Crippen molar-refractivity contribution < 1.29 is 19.4 Å². The molecule has 2 aromatic carbocycles. The molecule has 0 saturated carbocycles. The van der Waals surface area contributed by atoms with Crippen molar-refractivity contribution in [3.63, 3.8) is 0 Å². The fourth-order valence-corrected chi connectivity index (χ4v) is 2.92. The minimum absolute atomic E-state index is 0.109. The van der Waals surface area contributed by atoms with Crippen LogP contribution in [0.15, 0.2) is 48.7 Å². The number of H-pyrrole nitrogens is 1. The van der Waals surface area contributed by atoms with Crippen LogP contribution in [0.5, 0.6) is 5.75 Å². The molecule has 0 aliphatic carbocycles. The molecule has 3 rings (SSSR count). The second-order valence-electron chi connectivity index (χ2n) is 6.20. The number of aromatic amines is 1. The van der Waals surface area contributed by atoms with Crippen LogP contribution < -0.4 is 15.2 Å². The van der Waals surface area contributed by atoms with E-state index in [1.54, 1.807) is 24.4 Å². The molecule has 0 aliphatic heterocycles. The Kier molecular flexibility index (Phi) is 5.66. The number of nitrogens with one attached hydrogen (secondary N) is 2. The lowest BCUT2D eigenvalue weighted by Gasteiger charge is -2.19. The molecular formula is C20H18ClN2O4-. The van der Waals surface area contributed by atoms with Gasteiger partial charge in [-0.15, -0.1) is 0 Å². The van der Waals surface area contributed by atoms with Gasteiger partial charge < -0.3 is 24.9 Å². The van der Waals surface area contributed by atoms with Crippen LogP contribution in [0.1, 0.15) is 11.1 Å². The fourth-order valence-electron chi connectivity index (χ4n) is 2.81. The number of rotatable bonds is 7. The summed E-state index contributed by atoms with van der Waals surface area (Å²) in [7, 11) is 0. The molecule has 27 heavy (non-hydrogen) atoms. The number of carboxylic acid groups (broad SMARTS) is 1. The maximum atomic E-state index is 12.1. The Labute approximate surface area is 161 Å². The van der Waals surface area contributed by atoms with Gasteiger partial charge in [-0.3, -0.25) is 4.79 Å². The van der Waals surface area contributed by atoms with Gasteiger partial charge in [-0.25, -0.2) is 0 Å². The average molecular weight is 386 g/mol. The Morgan fingerprint density at radius 3 is 2.78 bits per heavy atom. The van der Waals surface area contributed by atoms with Crippen molar-refractivity contribution in [2.24, 2.45) is 0 Å². The molecule has 1 aromatic heterocycles. The van der Waals surface area contributed by atoms with Gasteiger partial charge in [0.15, 0.2) is 6.61 Å². The summed E-state index contributed by atoms with van der Waals surface area (Å²) in [5, 5.41) is 15.4. The summed E-state index contributed by atoms with van der Waals surface area (Å²) < 4.78 is 5.40. The third kappa shape index (κ3) is 4.60. The van der Waals surface area contributed by atoms with Crippen molar-refractivity contribution in [3.8, 4) is 5.75 Å². The Bertz CT molecular complexity index is 983. The number of carbonyl (C=O) groups is 2. The lowest BCUT2D eigenvalue weighted by Crippen LogP contribution is -2.50. The molecule has 0 bridgehead atoms. The lowest BCUT2D eigenvalue weighted by molar-refractivity contribution is -0.308. The van der Waals surface area contributed by atoms with E-state index in [2.05, 4.69) is 10.3 Å². The zero-order valence-electron chi connectivity index (χ0n) is 14.6. The first-order chi connectivity index (χ1) is 12.9. The number of aliphatic carboxylic acids is 1. The highest BCUT2D eigenvalue weighted by molar-refractivity contribution is 6.31. The maximum absolute atomic E-state index is 12.1. The Hall–Kier alpha value is -2.99. The topological polar surface area (TPSA) is 94.2 Å². The molecule has 0 fully saturated rings. The number of ether oxygens (including phenoxy) is 1. The number of halogens is 1. The molecule has 3 aromatic rings. The van der Waals surface area contributed by atoms with E-state index < -0.39 is 17.9 Å². The highest BCUT2D eigenvalue weighted by Gasteiger charge is 2.17. The van der Waals surface area contributed by atoms with E-state index >= 15 is 0 Å². The summed E-state index contributed by atoms with van der Waals surface area (Å²) in [5.74, 6) is -1.42. The Balaban J connectivity index is 1.62. The van der Waals surface area contributed by atoms with Crippen LogP contribution >= 0.6 is 11.6 Å². The zero-order valence-corrected chi connectivity index (χ0v) is 15.4. The standard InChI is InChI=1S/C20H19ClN2O4/c1-12-8-14(6-7-16(12)21)27-11-19(24)23-18(20(25)26)9-13-10-22-17-5-3-2-4-15(13)17/h2-8,10,18,22H,9,11H2,1H3,(H,23,24)(H,25,26)/p-1. The van der Waals surface area contributed by atoms with Crippen LogP contribution in [0.25, 0.3) is 10.9 Å². The van der Waals surface area contributed by atoms with E-state index in [0.29, 0.717) is 10.8 Å². The van der Waals surface area contributed by atoms with Crippen molar-refractivity contribution >= 4 is 34.4 Å². The summed E-state index contributed by atoms with van der Waals surface area (Å²) in [4.78, 5) is 26.7. The van der Waals surface area contributed by atoms with Crippen LogP contribution in [0.3, 0.4) is 0 Å². The van der Waals surface area contributed by atoms with E-state index in [9.17, 15) is 14.7 Å². The van der Waals surface area contributed by atoms with Gasteiger partial charge in [-0.2, -0.15) is 0 Å². The van der Waals surface area contributed by atoms with Crippen molar-refractivity contribution in [2.75, 3.05) is 6.61 Å². The first-order valence-corrected chi connectivity index (χ1v) is 8.76. The monoisotopic (exact) mass is 385 g/mol. The summed E-state index contributed by atoms with van der Waals surface area (Å²) in [6, 6.07) is 11.4. The third-order valence-corrected chi connectivity index (χ3v) is 4.64. The molecule has 0 saturated heterocycles. The van der Waals surface area contributed by atoms with Gasteiger partial charge in [0.2, 0.25) is 0 Å². The molecular weight excluding hydrogens is 368 g/mol. The van der Waals surface area contributed by atoms with Crippen LogP contribution in [-0.2, 0) is 16.0 Å². The van der Waals surface area contributed by atoms with Gasteiger partial charge in [0, 0.05) is 28.5 Å². The molecule has 0 radical (unpaired) electrons. The second-order valence-corrected chi connectivity index (χ2v) is 6.61. The number of aromatic nitrogens is 1. The predicted molar refractivity (Wildman–Crippen MR) is 101 cm³/mol. The van der Waals surface area contributed by atoms with E-state index in [0.717, 1.165) is 22.0 Å². The molecule has 1 heterocycles. The van der Waals surface area contributed by atoms with Crippen molar-refractivity contribution in [3.05, 3.63) is 64.8 Å². The molecule has 0 aliphatic rings. The first-order valence-electron chi connectivity index (χ1n) is 8.38. The number of hydrogen-bond donors (Lipinski definition) is 2. The Morgan fingerprint density at radius 1 is 1.26 bits per heavy atom. The number of carboxylic acids is 1. The largest absolute Gasteiger partial charge is 0.548 e. The minimum atomic E-state index is -1.35. The smallest absolute Gasteiger partial charge is 0.258 e. The molecule has 140 valence electrons. The van der Waals surface area contributed by atoms with Crippen LogP contribution in [0.2, 0.25) is 5.02 Å². The Morgan fingerprint density at radius 2 is 2.04 bits per heavy atom. The van der Waals surface area contributed by atoms with Crippen molar-refractivity contribution in [1.82, 2.24) is 10.3 Å². The minimum Gasteiger partial charge on any atom is -0.548 e. The average Bonchev–Trinajstić information content (AvgIpc) is 3.05. The normalized spacial score (nSPS) is 11.9. The molecule has 1 atom stereocenters. The summed E-state index contributed by atoms with van der Waals surface area (Å²) in [6.07, 6.45) is 1.85. The van der Waals surface area contributed by atoms with Crippen molar-refractivity contribution in [2.45, 2.75) is 19.4 Å². The molecule has 1 amide bonds. The number of para-hydroxylation sites is 1. The number of aryl methyl sites for hydroxylation is 1. The van der Waals surface area contributed by atoms with Gasteiger partial charge >= 0.3 is 0 Å². The quantitative estimate of drug-likeness (QED) is 0.650. The maximum Gasteiger partial charge on any atom is 0.258 e. The van der Waals surface area contributed by atoms with Gasteiger partial charge in [0.05, 0.1) is 12.0 Å². The van der Waals surface area contributed by atoms with Crippen molar-refractivity contribution in [1.29, 1.82) is 0 Å². The number of hydrogen-bond acceptors (Lipinski definition) is 4. The van der Waals surface area contributed by atoms with Crippen LogP contribution in [-0.4, -0.2) is 29.5 Å². The number of carbonyl (C=O) groups excluding carboxylic acids is 2. The zero-order chi connectivity index (χ0) is 19.4. The summed E-state index contributed by atoms with van der Waals surface area (Å²) >= 11 is 5.95. The summed E-state index contributed by atoms with van der Waals surface area (Å²) in [5.41, 5.74) is 2.51. The summed E-state index contributed by atoms with van der Waals surface area (Å²) in [6.45, 7) is 1.52. The lowest BCUT2D eigenvalue weighted by atomic mass is 10.1. The molecule has 1 unspecified atom stereocenters. The highest BCUT2D eigenvalue weighted by atomic mass is 35.5. The SMILES string of the molecule is Cc1cc(OCC(=O)NC(Cc2c[nH]c3ccccc23)C(=O)[O-])ccc1Cl. The molecule has 2 N–H and O–H groups in total. The third-order valence-electron chi connectivity index (χ3n) is 4.22. The van der Waals surface area contributed by atoms with Gasteiger partial charge in [-0.05, 0) is 42.3 Å². The first kappa shape index (κ1) is 18.8. The molecule has 0 spiro atoms. The second kappa shape index (κ2) is 8.14. The van der Waals surface area contributed by atoms with E-state index in [-0.39, 0.29) is 13.0 Å². The van der Waals surface area contributed by atoms with Gasteiger partial charge in [-0.1, -0.05) is 29.8 Å². The van der Waals surface area contributed by atoms with Crippen LogP contribution in [0, 0.1) is 6.92 Å². The van der Waals surface area contributed by atoms with E-state index in [1.807, 2.05) is 31.2 Å². The number of fused-ring (bicyclic) bond motifs is 1. The highest BCUT2D eigenvalue weighted by Crippen LogP contribution is 2.21. The van der Waals surface area contributed by atoms with E-state index in [1.165, 1.54) is 0 Å². The van der Waals surface area contributed by atoms with Crippen LogP contribution in [0.4, 0.5) is 0 Å². The molecule has 7 heteroatoms. The van der Waals surface area contributed by atoms with Gasteiger partial charge in [0.25, 0.3) is 5.91 Å².